The number of carboxylic acid groups (broad SMARTS) is 1. The molecule has 0 radical (unpaired) electrons. The Labute approximate surface area is 124 Å². The highest BCUT2D eigenvalue weighted by Crippen LogP contribution is 2.31. The summed E-state index contributed by atoms with van der Waals surface area (Å²) in [7, 11) is 0. The summed E-state index contributed by atoms with van der Waals surface area (Å²) in [6.07, 6.45) is 2.38. The van der Waals surface area contributed by atoms with E-state index >= 15 is 0 Å². The van der Waals surface area contributed by atoms with E-state index in [4.69, 9.17) is 0 Å². The van der Waals surface area contributed by atoms with Crippen molar-refractivity contribution < 1.29 is 9.90 Å². The van der Waals surface area contributed by atoms with Crippen molar-refractivity contribution in [2.75, 3.05) is 11.4 Å². The van der Waals surface area contributed by atoms with Crippen LogP contribution in [-0.4, -0.2) is 22.6 Å². The van der Waals surface area contributed by atoms with Gasteiger partial charge in [0.1, 0.15) is 0 Å². The molecule has 0 fully saturated rings. The van der Waals surface area contributed by atoms with E-state index in [1.54, 1.807) is 6.20 Å². The molecule has 0 saturated carbocycles. The molecule has 108 valence electrons. The van der Waals surface area contributed by atoms with Crippen molar-refractivity contribution in [1.29, 1.82) is 0 Å². The number of benzene rings is 1. The second kappa shape index (κ2) is 5.56. The van der Waals surface area contributed by atoms with Crippen molar-refractivity contribution in [3.63, 3.8) is 0 Å². The zero-order valence-electron chi connectivity index (χ0n) is 12.0. The molecule has 4 heteroatoms. The monoisotopic (exact) mass is 282 g/mol. The molecule has 1 aromatic heterocycles. The van der Waals surface area contributed by atoms with Gasteiger partial charge in [-0.15, -0.1) is 0 Å². The molecule has 1 atom stereocenters. The molecule has 1 aromatic carbocycles. The van der Waals surface area contributed by atoms with Crippen molar-refractivity contribution in [2.24, 2.45) is 5.92 Å². The van der Waals surface area contributed by atoms with Crippen LogP contribution in [-0.2, 0) is 17.8 Å². The van der Waals surface area contributed by atoms with E-state index < -0.39 is 5.97 Å². The lowest BCUT2D eigenvalue weighted by Gasteiger charge is -2.34. The number of anilines is 1. The second-order valence-electron chi connectivity index (χ2n) is 5.52. The zero-order valence-corrected chi connectivity index (χ0v) is 12.0. The van der Waals surface area contributed by atoms with Crippen LogP contribution >= 0.6 is 0 Å². The van der Waals surface area contributed by atoms with Gasteiger partial charge in [0.15, 0.2) is 0 Å². The molecule has 2 heterocycles. The maximum Gasteiger partial charge on any atom is 0.308 e. The molecule has 0 spiro atoms. The first-order valence-electron chi connectivity index (χ1n) is 7.11. The van der Waals surface area contributed by atoms with Crippen molar-refractivity contribution in [3.8, 4) is 0 Å². The average molecular weight is 282 g/mol. The lowest BCUT2D eigenvalue weighted by molar-refractivity contribution is -0.141. The highest BCUT2D eigenvalue weighted by atomic mass is 16.4. The summed E-state index contributed by atoms with van der Waals surface area (Å²) in [5, 5.41) is 9.36. The van der Waals surface area contributed by atoms with Gasteiger partial charge in [-0.1, -0.05) is 24.3 Å². The summed E-state index contributed by atoms with van der Waals surface area (Å²) in [6, 6.07) is 12.0. The number of aryl methyl sites for hydroxylation is 1. The van der Waals surface area contributed by atoms with E-state index in [9.17, 15) is 9.90 Å². The molecule has 0 amide bonds. The Kier molecular flexibility index (Phi) is 3.60. The number of hydrogen-bond donors (Lipinski definition) is 1. The minimum atomic E-state index is -0.729. The largest absolute Gasteiger partial charge is 0.481 e. The number of nitrogens with zero attached hydrogens (tertiary/aromatic N) is 2. The predicted molar refractivity (Wildman–Crippen MR) is 81.3 cm³/mol. The Morgan fingerprint density at radius 1 is 1.33 bits per heavy atom. The molecule has 1 aliphatic rings. The number of rotatable bonds is 3. The number of para-hydroxylation sites is 1. The zero-order chi connectivity index (χ0) is 14.8. The van der Waals surface area contributed by atoms with Gasteiger partial charge in [-0.2, -0.15) is 0 Å². The van der Waals surface area contributed by atoms with Crippen LogP contribution in [0.5, 0.6) is 0 Å². The highest BCUT2D eigenvalue weighted by molar-refractivity contribution is 5.73. The fraction of sp³-hybridized carbons (Fsp3) is 0.294. The third-order valence-electron chi connectivity index (χ3n) is 4.05. The van der Waals surface area contributed by atoms with E-state index in [1.807, 2.05) is 37.3 Å². The van der Waals surface area contributed by atoms with Crippen LogP contribution in [0.25, 0.3) is 0 Å². The number of carboxylic acids is 1. The predicted octanol–water partition coefficient (Wildman–Crippen LogP) is 2.65. The number of hydrogen-bond acceptors (Lipinski definition) is 3. The summed E-state index contributed by atoms with van der Waals surface area (Å²) < 4.78 is 0. The molecule has 1 unspecified atom stereocenters. The van der Waals surface area contributed by atoms with Gasteiger partial charge in [0.25, 0.3) is 0 Å². The molecule has 2 aromatic rings. The van der Waals surface area contributed by atoms with Crippen LogP contribution < -0.4 is 4.90 Å². The first kappa shape index (κ1) is 13.6. The highest BCUT2D eigenvalue weighted by Gasteiger charge is 2.29. The van der Waals surface area contributed by atoms with Crippen LogP contribution in [0.4, 0.5) is 5.69 Å². The van der Waals surface area contributed by atoms with Crippen LogP contribution in [0, 0.1) is 12.8 Å². The van der Waals surface area contributed by atoms with Gasteiger partial charge in [0, 0.05) is 18.4 Å². The Morgan fingerprint density at radius 3 is 2.90 bits per heavy atom. The Balaban J connectivity index is 1.93. The number of aliphatic carboxylic acids is 1. The molecule has 21 heavy (non-hydrogen) atoms. The number of carbonyl (C=O) groups is 1. The molecule has 0 bridgehead atoms. The average Bonchev–Trinajstić information content (AvgIpc) is 2.49. The molecular weight excluding hydrogens is 264 g/mol. The molecule has 1 aliphatic heterocycles. The van der Waals surface area contributed by atoms with Crippen LogP contribution in [0.2, 0.25) is 0 Å². The van der Waals surface area contributed by atoms with Gasteiger partial charge < -0.3 is 10.0 Å². The first-order valence-corrected chi connectivity index (χ1v) is 7.11. The van der Waals surface area contributed by atoms with E-state index in [-0.39, 0.29) is 5.92 Å². The van der Waals surface area contributed by atoms with Gasteiger partial charge in [0.05, 0.1) is 18.2 Å². The minimum absolute atomic E-state index is 0.357. The van der Waals surface area contributed by atoms with Gasteiger partial charge in [-0.05, 0) is 36.6 Å². The third-order valence-corrected chi connectivity index (χ3v) is 4.05. The third kappa shape index (κ3) is 2.75. The van der Waals surface area contributed by atoms with E-state index in [0.717, 1.165) is 22.5 Å². The summed E-state index contributed by atoms with van der Waals surface area (Å²) in [6.45, 7) is 3.21. The van der Waals surface area contributed by atoms with Crippen molar-refractivity contribution >= 4 is 11.7 Å². The van der Waals surface area contributed by atoms with Gasteiger partial charge in [-0.3, -0.25) is 9.78 Å². The number of pyridine rings is 1. The van der Waals surface area contributed by atoms with E-state index in [1.165, 1.54) is 0 Å². The Morgan fingerprint density at radius 2 is 2.14 bits per heavy atom. The van der Waals surface area contributed by atoms with E-state index in [2.05, 4.69) is 16.0 Å². The molecule has 0 aliphatic carbocycles. The smallest absolute Gasteiger partial charge is 0.308 e. The summed E-state index contributed by atoms with van der Waals surface area (Å²) in [5.41, 5.74) is 4.36. The van der Waals surface area contributed by atoms with Crippen LogP contribution in [0.15, 0.2) is 42.6 Å². The maximum absolute atomic E-state index is 11.4. The van der Waals surface area contributed by atoms with Crippen LogP contribution in [0.3, 0.4) is 0 Å². The Bertz CT molecular complexity index is 669. The second-order valence-corrected chi connectivity index (χ2v) is 5.52. The lowest BCUT2D eigenvalue weighted by Crippen LogP contribution is -2.38. The van der Waals surface area contributed by atoms with Crippen LogP contribution in [0.1, 0.15) is 16.8 Å². The maximum atomic E-state index is 11.4. The van der Waals surface area contributed by atoms with Gasteiger partial charge >= 0.3 is 5.97 Å². The van der Waals surface area contributed by atoms with Crippen molar-refractivity contribution in [3.05, 3.63) is 59.4 Å². The normalized spacial score (nSPS) is 17.4. The standard InChI is InChI=1S/C17H18N2O2/c1-12-5-4-8-18-15(12)11-19-10-14(17(20)21)9-13-6-2-3-7-16(13)19/h2-8,14H,9-11H2,1H3,(H,20,21). The molecule has 0 saturated heterocycles. The fourth-order valence-corrected chi connectivity index (χ4v) is 2.87. The molecular formula is C17H18N2O2. The molecule has 3 rings (SSSR count). The Hall–Kier alpha value is -2.36. The van der Waals surface area contributed by atoms with Gasteiger partial charge in [0.2, 0.25) is 0 Å². The summed E-state index contributed by atoms with van der Waals surface area (Å²) in [4.78, 5) is 17.9. The quantitative estimate of drug-likeness (QED) is 0.940. The van der Waals surface area contributed by atoms with Crippen molar-refractivity contribution in [2.45, 2.75) is 19.9 Å². The van der Waals surface area contributed by atoms with Gasteiger partial charge in [-0.25, -0.2) is 0 Å². The minimum Gasteiger partial charge on any atom is -0.481 e. The molecule has 1 N–H and O–H groups in total. The van der Waals surface area contributed by atoms with Crippen molar-refractivity contribution in [1.82, 2.24) is 4.98 Å². The number of aromatic nitrogens is 1. The summed E-state index contributed by atoms with van der Waals surface area (Å²) >= 11 is 0. The van der Waals surface area contributed by atoms with E-state index in [0.29, 0.717) is 19.5 Å². The fourth-order valence-electron chi connectivity index (χ4n) is 2.87. The lowest BCUT2D eigenvalue weighted by atomic mass is 9.92. The summed E-state index contributed by atoms with van der Waals surface area (Å²) in [5.74, 6) is -1.09. The SMILES string of the molecule is Cc1cccnc1CN1CC(C(=O)O)Cc2ccccc21. The number of fused-ring (bicyclic) bond motifs is 1. The first-order chi connectivity index (χ1) is 10.1. The molecule has 4 nitrogen and oxygen atoms in total. The topological polar surface area (TPSA) is 53.4 Å².